The molecule has 3 N–H and O–H groups in total. The van der Waals surface area contributed by atoms with Gasteiger partial charge in [-0.05, 0) is 75.6 Å². The number of hydrogen-bond acceptors (Lipinski definition) is 5. The molecule has 0 saturated carbocycles. The summed E-state index contributed by atoms with van der Waals surface area (Å²) in [5.41, 5.74) is 1.92. The third-order valence-corrected chi connectivity index (χ3v) is 6.75. The fraction of sp³-hybridized carbons (Fsp3) is 0.303. The van der Waals surface area contributed by atoms with E-state index in [2.05, 4.69) is 16.6 Å². The predicted molar refractivity (Wildman–Crippen MR) is 164 cm³/mol. The summed E-state index contributed by atoms with van der Waals surface area (Å²) >= 11 is 6.41. The summed E-state index contributed by atoms with van der Waals surface area (Å²) in [4.78, 5) is 42.6. The number of carbonyl (C=O) groups excluding carboxylic acids is 3. The second-order valence-electron chi connectivity index (χ2n) is 10.7. The standard InChI is InChI=1S/C33H36ClN3O5/c1-7-23-13-9-10-14-25(23)29(30(39)36-28-21(3)12-11-15-26(28)34)37(8-2)31(40)27(35-32(41)42-33(4,5)6)20-22-16-18-24(38)19-17-22/h1,9-19,27,29,38H,8,20H2,2-6H3,(H,35,41)(H,36,39). The Balaban J connectivity index is 2.08. The number of nitrogens with zero attached hydrogens (tertiary/aromatic N) is 1. The largest absolute Gasteiger partial charge is 0.508 e. The van der Waals surface area contributed by atoms with Crippen LogP contribution in [0.15, 0.2) is 66.7 Å². The number of halogens is 1. The molecule has 2 unspecified atom stereocenters. The van der Waals surface area contributed by atoms with E-state index in [9.17, 15) is 19.5 Å². The number of aromatic hydroxyl groups is 1. The van der Waals surface area contributed by atoms with Crippen molar-refractivity contribution in [1.82, 2.24) is 10.2 Å². The van der Waals surface area contributed by atoms with Gasteiger partial charge in [-0.3, -0.25) is 9.59 Å². The molecule has 0 saturated heterocycles. The van der Waals surface area contributed by atoms with E-state index >= 15 is 0 Å². The number of para-hydroxylation sites is 1. The van der Waals surface area contributed by atoms with Gasteiger partial charge in [-0.15, -0.1) is 6.42 Å². The number of terminal acetylenes is 1. The average Bonchev–Trinajstić information content (AvgIpc) is 2.93. The van der Waals surface area contributed by atoms with Gasteiger partial charge in [-0.1, -0.05) is 60.0 Å². The molecule has 3 aromatic carbocycles. The van der Waals surface area contributed by atoms with Crippen LogP contribution in [0.5, 0.6) is 5.75 Å². The molecular formula is C33H36ClN3O5. The molecule has 3 amide bonds. The molecule has 0 aromatic heterocycles. The summed E-state index contributed by atoms with van der Waals surface area (Å²) in [7, 11) is 0. The number of hydrogen-bond donors (Lipinski definition) is 3. The molecule has 42 heavy (non-hydrogen) atoms. The van der Waals surface area contributed by atoms with Crippen molar-refractivity contribution in [3.05, 3.63) is 94.0 Å². The Kier molecular flexibility index (Phi) is 10.6. The first kappa shape index (κ1) is 32.0. The summed E-state index contributed by atoms with van der Waals surface area (Å²) in [6.07, 6.45) is 5.09. The lowest BCUT2D eigenvalue weighted by Gasteiger charge is -2.34. The third kappa shape index (κ3) is 8.27. The molecule has 0 bridgehead atoms. The SMILES string of the molecule is C#Cc1ccccc1C(C(=O)Nc1c(C)cccc1Cl)N(CC)C(=O)C(Cc1ccc(O)cc1)NC(=O)OC(C)(C)C. The minimum Gasteiger partial charge on any atom is -0.508 e. The number of phenols is 1. The van der Waals surface area contributed by atoms with Crippen molar-refractivity contribution < 1.29 is 24.2 Å². The molecule has 0 aliphatic carbocycles. The summed E-state index contributed by atoms with van der Waals surface area (Å²) in [5, 5.41) is 15.7. The van der Waals surface area contributed by atoms with E-state index in [1.54, 1.807) is 76.2 Å². The summed E-state index contributed by atoms with van der Waals surface area (Å²) in [5.74, 6) is 1.62. The van der Waals surface area contributed by atoms with Crippen LogP contribution in [0.25, 0.3) is 0 Å². The third-order valence-electron chi connectivity index (χ3n) is 6.43. The maximum Gasteiger partial charge on any atom is 0.408 e. The van der Waals surface area contributed by atoms with Crippen LogP contribution >= 0.6 is 11.6 Å². The van der Waals surface area contributed by atoms with Crippen molar-refractivity contribution in [1.29, 1.82) is 0 Å². The fourth-order valence-electron chi connectivity index (χ4n) is 4.48. The summed E-state index contributed by atoms with van der Waals surface area (Å²) < 4.78 is 5.44. The first-order chi connectivity index (χ1) is 19.8. The fourth-order valence-corrected chi connectivity index (χ4v) is 4.75. The Labute approximate surface area is 252 Å². The van der Waals surface area contributed by atoms with Crippen molar-refractivity contribution in [3.8, 4) is 18.1 Å². The highest BCUT2D eigenvalue weighted by Crippen LogP contribution is 2.31. The van der Waals surface area contributed by atoms with Gasteiger partial charge >= 0.3 is 6.09 Å². The van der Waals surface area contributed by atoms with E-state index in [0.29, 0.717) is 27.4 Å². The lowest BCUT2D eigenvalue weighted by Crippen LogP contribution is -2.53. The highest BCUT2D eigenvalue weighted by Gasteiger charge is 2.37. The van der Waals surface area contributed by atoms with Gasteiger partial charge in [0.1, 0.15) is 23.4 Å². The number of alkyl carbamates (subject to hydrolysis) is 1. The Bertz CT molecular complexity index is 1450. The maximum atomic E-state index is 14.3. The van der Waals surface area contributed by atoms with Crippen LogP contribution in [-0.2, 0) is 20.7 Å². The van der Waals surface area contributed by atoms with Crippen LogP contribution < -0.4 is 10.6 Å². The number of amides is 3. The van der Waals surface area contributed by atoms with Crippen LogP contribution in [0, 0.1) is 19.3 Å². The molecule has 2 atom stereocenters. The molecule has 0 aliphatic rings. The zero-order chi connectivity index (χ0) is 31.0. The van der Waals surface area contributed by atoms with Crippen molar-refractivity contribution in [2.75, 3.05) is 11.9 Å². The minimum absolute atomic E-state index is 0.0643. The van der Waals surface area contributed by atoms with E-state index in [1.807, 2.05) is 13.0 Å². The molecule has 0 aliphatic heterocycles. The first-order valence-corrected chi connectivity index (χ1v) is 13.9. The van der Waals surface area contributed by atoms with Crippen molar-refractivity contribution in [2.45, 2.75) is 58.7 Å². The van der Waals surface area contributed by atoms with Gasteiger partial charge in [0.25, 0.3) is 5.91 Å². The second-order valence-corrected chi connectivity index (χ2v) is 11.2. The topological polar surface area (TPSA) is 108 Å². The highest BCUT2D eigenvalue weighted by molar-refractivity contribution is 6.34. The van der Waals surface area contributed by atoms with Crippen LogP contribution in [0.2, 0.25) is 5.02 Å². The summed E-state index contributed by atoms with van der Waals surface area (Å²) in [6, 6.07) is 16.2. The van der Waals surface area contributed by atoms with Crippen molar-refractivity contribution in [3.63, 3.8) is 0 Å². The molecule has 0 heterocycles. The van der Waals surface area contributed by atoms with Crippen LogP contribution in [0.1, 0.15) is 56.0 Å². The monoisotopic (exact) mass is 589 g/mol. The van der Waals surface area contributed by atoms with E-state index in [1.165, 1.54) is 17.0 Å². The number of phenolic OH excluding ortho intramolecular Hbond substituents is 1. The van der Waals surface area contributed by atoms with E-state index < -0.39 is 35.6 Å². The molecule has 8 nitrogen and oxygen atoms in total. The van der Waals surface area contributed by atoms with Gasteiger partial charge in [0.15, 0.2) is 0 Å². The average molecular weight is 590 g/mol. The zero-order valence-corrected chi connectivity index (χ0v) is 25.2. The smallest absolute Gasteiger partial charge is 0.408 e. The molecule has 3 rings (SSSR count). The Morgan fingerprint density at radius 3 is 2.31 bits per heavy atom. The van der Waals surface area contributed by atoms with E-state index in [4.69, 9.17) is 22.8 Å². The Hall–Kier alpha value is -4.48. The predicted octanol–water partition coefficient (Wildman–Crippen LogP) is 6.00. The number of anilines is 1. The Morgan fingerprint density at radius 2 is 1.71 bits per heavy atom. The van der Waals surface area contributed by atoms with Gasteiger partial charge < -0.3 is 25.4 Å². The molecule has 9 heteroatoms. The number of benzene rings is 3. The van der Waals surface area contributed by atoms with Crippen molar-refractivity contribution in [2.24, 2.45) is 0 Å². The molecule has 0 radical (unpaired) electrons. The van der Waals surface area contributed by atoms with Crippen LogP contribution in [0.3, 0.4) is 0 Å². The quantitative estimate of drug-likeness (QED) is 0.265. The summed E-state index contributed by atoms with van der Waals surface area (Å²) in [6.45, 7) is 8.82. The lowest BCUT2D eigenvalue weighted by atomic mass is 9.96. The molecule has 0 fully saturated rings. The van der Waals surface area contributed by atoms with E-state index in [0.717, 1.165) is 5.56 Å². The number of likely N-dealkylation sites (N-methyl/N-ethyl adjacent to an activating group) is 1. The van der Waals surface area contributed by atoms with Gasteiger partial charge in [0.05, 0.1) is 10.7 Å². The van der Waals surface area contributed by atoms with Crippen molar-refractivity contribution >= 4 is 35.2 Å². The van der Waals surface area contributed by atoms with Gasteiger partial charge in [-0.25, -0.2) is 4.79 Å². The number of ether oxygens (including phenoxy) is 1. The number of aryl methyl sites for hydroxylation is 1. The molecule has 0 spiro atoms. The lowest BCUT2D eigenvalue weighted by molar-refractivity contribution is -0.140. The van der Waals surface area contributed by atoms with Gasteiger partial charge in [0, 0.05) is 18.5 Å². The van der Waals surface area contributed by atoms with Gasteiger partial charge in [-0.2, -0.15) is 0 Å². The second kappa shape index (κ2) is 13.9. The molecule has 220 valence electrons. The first-order valence-electron chi connectivity index (χ1n) is 13.5. The number of nitrogens with one attached hydrogen (secondary N) is 2. The highest BCUT2D eigenvalue weighted by atomic mass is 35.5. The number of carbonyl (C=O) groups is 3. The van der Waals surface area contributed by atoms with Crippen LogP contribution in [0.4, 0.5) is 10.5 Å². The maximum absolute atomic E-state index is 14.3. The minimum atomic E-state index is -1.16. The van der Waals surface area contributed by atoms with Crippen LogP contribution in [-0.4, -0.2) is 46.1 Å². The zero-order valence-electron chi connectivity index (χ0n) is 24.4. The normalized spacial score (nSPS) is 12.4. The molecule has 3 aromatic rings. The number of rotatable bonds is 9. The van der Waals surface area contributed by atoms with Gasteiger partial charge in [0.2, 0.25) is 5.91 Å². The Morgan fingerprint density at radius 1 is 1.05 bits per heavy atom. The van der Waals surface area contributed by atoms with E-state index in [-0.39, 0.29) is 18.7 Å². The molecular weight excluding hydrogens is 554 g/mol.